The highest BCUT2D eigenvalue weighted by Gasteiger charge is 2.73. The molecule has 7 heteroatoms. The molecule has 3 aromatic rings. The van der Waals surface area contributed by atoms with Gasteiger partial charge in [-0.2, -0.15) is 0 Å². The van der Waals surface area contributed by atoms with Crippen molar-refractivity contribution in [3.05, 3.63) is 69.0 Å². The highest BCUT2D eigenvalue weighted by molar-refractivity contribution is 6.02. The largest absolute Gasteiger partial charge is 0.325 e. The number of aromatic nitrogens is 2. The summed E-state index contributed by atoms with van der Waals surface area (Å²) in [6, 6.07) is 10.1. The van der Waals surface area contributed by atoms with E-state index in [0.29, 0.717) is 12.1 Å². The number of aryl methyl sites for hydroxylation is 2. The number of fused-ring (bicyclic) bond motifs is 6. The Bertz CT molecular complexity index is 1320. The first-order valence-corrected chi connectivity index (χ1v) is 10.9. The quantitative estimate of drug-likeness (QED) is 0.459. The van der Waals surface area contributed by atoms with Crippen LogP contribution in [0.1, 0.15) is 56.1 Å². The molecule has 7 nitrogen and oxygen atoms in total. The van der Waals surface area contributed by atoms with E-state index in [-0.39, 0.29) is 17.0 Å². The van der Waals surface area contributed by atoms with Gasteiger partial charge in [-0.15, -0.1) is 0 Å². The number of hydrogen-bond acceptors (Lipinski definition) is 5. The molecule has 2 aliphatic rings. The molecule has 1 saturated carbocycles. The standard InChI is InChI=1S/C25H26N4O3/c1-14-12-18-19(13-15(14)2)28-21-20(27-18)24(5)10-11-25(21,23(24,3)4)22(30)26-16-6-8-17(9-7-16)29(31)32/h6-9,12-13H,10-11H2,1-5H3,(H,26,30). The highest BCUT2D eigenvalue weighted by atomic mass is 16.6. The Morgan fingerprint density at radius 1 is 0.969 bits per heavy atom. The first-order chi connectivity index (χ1) is 15.0. The number of anilines is 1. The number of nitro groups is 1. The van der Waals surface area contributed by atoms with Gasteiger partial charge < -0.3 is 5.32 Å². The molecule has 1 amide bonds. The molecule has 0 aliphatic heterocycles. The smallest absolute Gasteiger partial charge is 0.269 e. The lowest BCUT2D eigenvalue weighted by molar-refractivity contribution is -0.384. The number of benzene rings is 2. The minimum Gasteiger partial charge on any atom is -0.325 e. The van der Waals surface area contributed by atoms with Crippen LogP contribution in [0.5, 0.6) is 0 Å². The molecule has 2 aromatic carbocycles. The predicted molar refractivity (Wildman–Crippen MR) is 123 cm³/mol. The van der Waals surface area contributed by atoms with E-state index in [0.717, 1.165) is 34.4 Å². The summed E-state index contributed by atoms with van der Waals surface area (Å²) >= 11 is 0. The summed E-state index contributed by atoms with van der Waals surface area (Å²) in [5, 5.41) is 14.0. The Balaban J connectivity index is 1.65. The van der Waals surface area contributed by atoms with Crippen LogP contribution >= 0.6 is 0 Å². The molecule has 1 N–H and O–H groups in total. The average molecular weight is 431 g/mol. The van der Waals surface area contributed by atoms with Crippen LogP contribution in [-0.2, 0) is 15.6 Å². The molecule has 2 atom stereocenters. The van der Waals surface area contributed by atoms with Gasteiger partial charge in [0.05, 0.1) is 32.8 Å². The van der Waals surface area contributed by atoms with Gasteiger partial charge in [0.25, 0.3) is 5.69 Å². The van der Waals surface area contributed by atoms with Crippen LogP contribution in [0.4, 0.5) is 11.4 Å². The lowest BCUT2D eigenvalue weighted by atomic mass is 9.63. The van der Waals surface area contributed by atoms with E-state index in [9.17, 15) is 14.9 Å². The molecule has 1 aromatic heterocycles. The highest BCUT2D eigenvalue weighted by Crippen LogP contribution is 2.70. The van der Waals surface area contributed by atoms with Gasteiger partial charge in [-0.05, 0) is 67.5 Å². The van der Waals surface area contributed by atoms with Crippen molar-refractivity contribution >= 4 is 28.3 Å². The third kappa shape index (κ3) is 2.39. The molecule has 32 heavy (non-hydrogen) atoms. The average Bonchev–Trinajstić information content (AvgIpc) is 3.03. The summed E-state index contributed by atoms with van der Waals surface area (Å²) in [6.07, 6.45) is 1.54. The minimum atomic E-state index is -0.821. The fraction of sp³-hybridized carbons (Fsp3) is 0.400. The van der Waals surface area contributed by atoms with Crippen LogP contribution in [0.25, 0.3) is 11.0 Å². The van der Waals surface area contributed by atoms with Crippen molar-refractivity contribution < 1.29 is 9.72 Å². The summed E-state index contributed by atoms with van der Waals surface area (Å²) in [7, 11) is 0. The van der Waals surface area contributed by atoms with E-state index >= 15 is 0 Å². The zero-order valence-corrected chi connectivity index (χ0v) is 18.9. The zero-order chi connectivity index (χ0) is 23.1. The maximum atomic E-state index is 13.9. The van der Waals surface area contributed by atoms with Gasteiger partial charge >= 0.3 is 0 Å². The molecule has 0 spiro atoms. The SMILES string of the molecule is Cc1cc2nc3c(nc2cc1C)C1(C(=O)Nc2ccc([N+](=O)[O-])cc2)CCC3(C)C1(C)C. The van der Waals surface area contributed by atoms with Crippen molar-refractivity contribution in [1.29, 1.82) is 0 Å². The van der Waals surface area contributed by atoms with Gasteiger partial charge in [-0.3, -0.25) is 14.9 Å². The minimum absolute atomic E-state index is 0.0101. The molecule has 5 rings (SSSR count). The summed E-state index contributed by atoms with van der Waals surface area (Å²) in [4.78, 5) is 34.5. The van der Waals surface area contributed by atoms with Gasteiger partial charge in [0.15, 0.2) is 0 Å². The van der Waals surface area contributed by atoms with Gasteiger partial charge in [0, 0.05) is 23.2 Å². The number of carbonyl (C=O) groups is 1. The Morgan fingerprint density at radius 2 is 1.53 bits per heavy atom. The fourth-order valence-corrected chi connectivity index (χ4v) is 5.77. The number of nitrogens with one attached hydrogen (secondary N) is 1. The molecule has 0 saturated heterocycles. The molecule has 1 fully saturated rings. The van der Waals surface area contributed by atoms with Crippen molar-refractivity contribution in [2.45, 2.75) is 58.3 Å². The maximum absolute atomic E-state index is 13.9. The van der Waals surface area contributed by atoms with E-state index in [2.05, 4.69) is 46.0 Å². The Kier molecular flexibility index (Phi) is 4.07. The summed E-state index contributed by atoms with van der Waals surface area (Å²) in [5.74, 6) is -0.128. The van der Waals surface area contributed by atoms with Crippen LogP contribution < -0.4 is 5.32 Å². The van der Waals surface area contributed by atoms with Crippen LogP contribution in [0.3, 0.4) is 0 Å². The van der Waals surface area contributed by atoms with E-state index in [1.807, 2.05) is 6.07 Å². The number of amides is 1. The summed E-state index contributed by atoms with van der Waals surface area (Å²) < 4.78 is 0. The summed E-state index contributed by atoms with van der Waals surface area (Å²) in [5.41, 5.74) is 4.72. The number of nitro benzene ring substituents is 1. The predicted octanol–water partition coefficient (Wildman–Crippen LogP) is 5.12. The molecule has 2 bridgehead atoms. The van der Waals surface area contributed by atoms with Crippen molar-refractivity contribution in [2.75, 3.05) is 5.32 Å². The van der Waals surface area contributed by atoms with E-state index in [4.69, 9.17) is 9.97 Å². The molecule has 2 aliphatic carbocycles. The monoisotopic (exact) mass is 430 g/mol. The molecule has 164 valence electrons. The lowest BCUT2D eigenvalue weighted by Gasteiger charge is -2.39. The first-order valence-electron chi connectivity index (χ1n) is 10.9. The van der Waals surface area contributed by atoms with Crippen LogP contribution in [0.2, 0.25) is 0 Å². The first kappa shape index (κ1) is 20.5. The van der Waals surface area contributed by atoms with E-state index in [1.165, 1.54) is 17.7 Å². The van der Waals surface area contributed by atoms with Crippen LogP contribution in [0, 0.1) is 29.4 Å². The number of rotatable bonds is 3. The second kappa shape index (κ2) is 6.34. The molecule has 2 unspecified atom stereocenters. The number of carbonyl (C=O) groups excluding carboxylic acids is 1. The third-order valence-corrected chi connectivity index (χ3v) is 8.38. The lowest BCUT2D eigenvalue weighted by Crippen LogP contribution is -2.48. The molecule has 0 radical (unpaired) electrons. The summed E-state index contributed by atoms with van der Waals surface area (Å²) in [6.45, 7) is 10.6. The van der Waals surface area contributed by atoms with Crippen LogP contribution in [-0.4, -0.2) is 20.8 Å². The van der Waals surface area contributed by atoms with Gasteiger partial charge in [-0.1, -0.05) is 20.8 Å². The zero-order valence-electron chi connectivity index (χ0n) is 18.9. The third-order valence-electron chi connectivity index (χ3n) is 8.38. The van der Waals surface area contributed by atoms with Crippen molar-refractivity contribution in [1.82, 2.24) is 9.97 Å². The second-order valence-electron chi connectivity index (χ2n) is 9.97. The molecular formula is C25H26N4O3. The van der Waals surface area contributed by atoms with Crippen molar-refractivity contribution in [3.8, 4) is 0 Å². The van der Waals surface area contributed by atoms with Gasteiger partial charge in [-0.25, -0.2) is 9.97 Å². The van der Waals surface area contributed by atoms with E-state index < -0.39 is 15.8 Å². The van der Waals surface area contributed by atoms with Gasteiger partial charge in [0.1, 0.15) is 0 Å². The van der Waals surface area contributed by atoms with E-state index in [1.54, 1.807) is 12.1 Å². The van der Waals surface area contributed by atoms with Gasteiger partial charge in [0.2, 0.25) is 5.91 Å². The fourth-order valence-electron chi connectivity index (χ4n) is 5.77. The Morgan fingerprint density at radius 3 is 2.09 bits per heavy atom. The van der Waals surface area contributed by atoms with Crippen molar-refractivity contribution in [3.63, 3.8) is 0 Å². The topological polar surface area (TPSA) is 98.0 Å². The maximum Gasteiger partial charge on any atom is 0.269 e. The normalized spacial score (nSPS) is 25.0. The Hall–Kier alpha value is -3.35. The molecular weight excluding hydrogens is 404 g/mol. The molecule has 1 heterocycles. The number of hydrogen-bond donors (Lipinski definition) is 1. The number of non-ortho nitro benzene ring substituents is 1. The second-order valence-corrected chi connectivity index (χ2v) is 9.97. The number of nitrogens with zero attached hydrogens (tertiary/aromatic N) is 3. The van der Waals surface area contributed by atoms with Crippen LogP contribution in [0.15, 0.2) is 36.4 Å². The Labute approximate surface area is 186 Å². The van der Waals surface area contributed by atoms with Crippen molar-refractivity contribution in [2.24, 2.45) is 5.41 Å².